The zero-order valence-corrected chi connectivity index (χ0v) is 12.0. The monoisotopic (exact) mass is 285 g/mol. The molecule has 0 atom stereocenters. The van der Waals surface area contributed by atoms with Crippen LogP contribution in [0.1, 0.15) is 26.7 Å². The molecular weight excluding hydrogens is 266 g/mol. The van der Waals surface area contributed by atoms with Gasteiger partial charge in [0.05, 0.1) is 18.1 Å². The maximum absolute atomic E-state index is 12.1. The van der Waals surface area contributed by atoms with Crippen LogP contribution in [0.25, 0.3) is 0 Å². The van der Waals surface area contributed by atoms with Crippen LogP contribution in [0.15, 0.2) is 23.1 Å². The molecule has 1 saturated carbocycles. The Morgan fingerprint density at radius 3 is 2.37 bits per heavy atom. The molecule has 1 aromatic rings. The van der Waals surface area contributed by atoms with E-state index in [1.54, 1.807) is 6.07 Å². The number of rotatable bonds is 7. The Bertz CT molecular complexity index is 538. The molecule has 0 aliphatic heterocycles. The quantitative estimate of drug-likeness (QED) is 0.831. The van der Waals surface area contributed by atoms with Crippen molar-refractivity contribution < 1.29 is 17.9 Å². The molecule has 19 heavy (non-hydrogen) atoms. The van der Waals surface area contributed by atoms with Gasteiger partial charge < -0.3 is 9.47 Å². The van der Waals surface area contributed by atoms with Crippen molar-refractivity contribution in [2.45, 2.75) is 37.6 Å². The van der Waals surface area contributed by atoms with Crippen LogP contribution < -0.4 is 14.2 Å². The lowest BCUT2D eigenvalue weighted by Crippen LogP contribution is -2.25. The molecule has 5 nitrogen and oxygen atoms in total. The first-order chi connectivity index (χ1) is 9.06. The summed E-state index contributed by atoms with van der Waals surface area (Å²) in [7, 11) is -3.46. The van der Waals surface area contributed by atoms with E-state index in [-0.39, 0.29) is 10.9 Å². The molecule has 2 rings (SSSR count). The molecule has 106 valence electrons. The molecule has 6 heteroatoms. The maximum atomic E-state index is 12.1. The van der Waals surface area contributed by atoms with Gasteiger partial charge in [-0.15, -0.1) is 0 Å². The van der Waals surface area contributed by atoms with Crippen LogP contribution in [0.5, 0.6) is 11.5 Å². The van der Waals surface area contributed by atoms with Gasteiger partial charge in [0, 0.05) is 12.1 Å². The van der Waals surface area contributed by atoms with Crippen LogP contribution >= 0.6 is 0 Å². The van der Waals surface area contributed by atoms with Crippen molar-refractivity contribution in [1.29, 1.82) is 0 Å². The molecule has 1 aliphatic carbocycles. The molecule has 0 spiro atoms. The minimum atomic E-state index is -3.46. The number of benzene rings is 1. The summed E-state index contributed by atoms with van der Waals surface area (Å²) in [5.41, 5.74) is 0. The summed E-state index contributed by atoms with van der Waals surface area (Å²) in [5.74, 6) is 1.03. The second-order valence-electron chi connectivity index (χ2n) is 4.37. The summed E-state index contributed by atoms with van der Waals surface area (Å²) in [6, 6.07) is 4.78. The van der Waals surface area contributed by atoms with E-state index in [4.69, 9.17) is 9.47 Å². The highest BCUT2D eigenvalue weighted by atomic mass is 32.2. The first-order valence-corrected chi connectivity index (χ1v) is 7.97. The van der Waals surface area contributed by atoms with Crippen LogP contribution in [0.3, 0.4) is 0 Å². The molecular formula is C13H19NO4S. The Labute approximate surface area is 114 Å². The molecule has 0 bridgehead atoms. The summed E-state index contributed by atoms with van der Waals surface area (Å²) in [6.45, 7) is 4.68. The number of sulfonamides is 1. The van der Waals surface area contributed by atoms with E-state index in [1.807, 2.05) is 13.8 Å². The molecule has 0 radical (unpaired) electrons. The summed E-state index contributed by atoms with van der Waals surface area (Å²) in [5, 5.41) is 0. The van der Waals surface area contributed by atoms with Crippen molar-refractivity contribution in [2.24, 2.45) is 0 Å². The fraction of sp³-hybridized carbons (Fsp3) is 0.538. The molecule has 0 aromatic heterocycles. The third-order valence-electron chi connectivity index (χ3n) is 2.72. The van der Waals surface area contributed by atoms with Crippen LogP contribution in [0.2, 0.25) is 0 Å². The normalized spacial score (nSPS) is 15.3. The molecule has 1 N–H and O–H groups in total. The van der Waals surface area contributed by atoms with Crippen LogP contribution in [-0.4, -0.2) is 27.7 Å². The van der Waals surface area contributed by atoms with E-state index >= 15 is 0 Å². The molecule has 0 saturated heterocycles. The van der Waals surface area contributed by atoms with Crippen LogP contribution in [0.4, 0.5) is 0 Å². The smallest absolute Gasteiger partial charge is 0.240 e. The fourth-order valence-corrected chi connectivity index (χ4v) is 3.01. The average Bonchev–Trinajstić information content (AvgIpc) is 3.15. The van der Waals surface area contributed by atoms with Crippen molar-refractivity contribution >= 4 is 10.0 Å². The van der Waals surface area contributed by atoms with Gasteiger partial charge in [0.1, 0.15) is 0 Å². The number of hydrogen-bond acceptors (Lipinski definition) is 4. The first-order valence-electron chi connectivity index (χ1n) is 6.48. The molecule has 1 fully saturated rings. The van der Waals surface area contributed by atoms with Gasteiger partial charge in [-0.3, -0.25) is 0 Å². The van der Waals surface area contributed by atoms with Crippen molar-refractivity contribution in [2.75, 3.05) is 13.2 Å². The summed E-state index contributed by atoms with van der Waals surface area (Å²) >= 11 is 0. The second-order valence-corrected chi connectivity index (χ2v) is 6.08. The fourth-order valence-electron chi connectivity index (χ4n) is 1.69. The Morgan fingerprint density at radius 1 is 1.16 bits per heavy atom. The van der Waals surface area contributed by atoms with E-state index < -0.39 is 10.0 Å². The highest BCUT2D eigenvalue weighted by Gasteiger charge is 2.28. The first kappa shape index (κ1) is 14.1. The lowest BCUT2D eigenvalue weighted by atomic mass is 10.3. The Balaban J connectivity index is 2.27. The lowest BCUT2D eigenvalue weighted by molar-refractivity contribution is 0.287. The van der Waals surface area contributed by atoms with Crippen LogP contribution in [-0.2, 0) is 10.0 Å². The predicted octanol–water partition coefficient (Wildman–Crippen LogP) is 1.92. The van der Waals surface area contributed by atoms with Gasteiger partial charge in [-0.2, -0.15) is 0 Å². The van der Waals surface area contributed by atoms with E-state index in [0.29, 0.717) is 24.7 Å². The van der Waals surface area contributed by atoms with Gasteiger partial charge >= 0.3 is 0 Å². The van der Waals surface area contributed by atoms with Gasteiger partial charge in [-0.1, -0.05) is 0 Å². The SMILES string of the molecule is CCOc1ccc(S(=O)(=O)NC2CC2)cc1OCC. The Morgan fingerprint density at radius 2 is 1.79 bits per heavy atom. The zero-order chi connectivity index (χ0) is 13.9. The van der Waals surface area contributed by atoms with E-state index in [2.05, 4.69) is 4.72 Å². The van der Waals surface area contributed by atoms with Gasteiger partial charge in [0.25, 0.3) is 0 Å². The van der Waals surface area contributed by atoms with Crippen LogP contribution in [0, 0.1) is 0 Å². The zero-order valence-electron chi connectivity index (χ0n) is 11.2. The van der Waals surface area contributed by atoms with Crippen molar-refractivity contribution in [1.82, 2.24) is 4.72 Å². The van der Waals surface area contributed by atoms with Crippen molar-refractivity contribution in [3.63, 3.8) is 0 Å². The van der Waals surface area contributed by atoms with Gasteiger partial charge in [0.2, 0.25) is 10.0 Å². The van der Waals surface area contributed by atoms with E-state index in [9.17, 15) is 8.42 Å². The summed E-state index contributed by atoms with van der Waals surface area (Å²) in [4.78, 5) is 0.214. The largest absolute Gasteiger partial charge is 0.490 e. The number of hydrogen-bond donors (Lipinski definition) is 1. The van der Waals surface area contributed by atoms with Gasteiger partial charge in [0.15, 0.2) is 11.5 Å². The highest BCUT2D eigenvalue weighted by Crippen LogP contribution is 2.31. The van der Waals surface area contributed by atoms with Crippen molar-refractivity contribution in [3.05, 3.63) is 18.2 Å². The minimum Gasteiger partial charge on any atom is -0.490 e. The maximum Gasteiger partial charge on any atom is 0.240 e. The minimum absolute atomic E-state index is 0.0899. The average molecular weight is 285 g/mol. The van der Waals surface area contributed by atoms with E-state index in [1.165, 1.54) is 12.1 Å². The van der Waals surface area contributed by atoms with E-state index in [0.717, 1.165) is 12.8 Å². The molecule has 0 heterocycles. The highest BCUT2D eigenvalue weighted by molar-refractivity contribution is 7.89. The Kier molecular flexibility index (Phi) is 4.31. The number of nitrogens with one attached hydrogen (secondary N) is 1. The van der Waals surface area contributed by atoms with Gasteiger partial charge in [-0.25, -0.2) is 13.1 Å². The summed E-state index contributed by atoms with van der Waals surface area (Å²) in [6.07, 6.45) is 1.82. The molecule has 0 unspecified atom stereocenters. The molecule has 1 aliphatic rings. The number of ether oxygens (including phenoxy) is 2. The third kappa shape index (κ3) is 3.61. The predicted molar refractivity (Wildman–Crippen MR) is 72.1 cm³/mol. The molecule has 0 amide bonds. The van der Waals surface area contributed by atoms with Crippen molar-refractivity contribution in [3.8, 4) is 11.5 Å². The van der Waals surface area contributed by atoms with Gasteiger partial charge in [-0.05, 0) is 38.8 Å². The molecule has 1 aromatic carbocycles. The third-order valence-corrected chi connectivity index (χ3v) is 4.24. The topological polar surface area (TPSA) is 64.6 Å². The Hall–Kier alpha value is -1.27. The lowest BCUT2D eigenvalue weighted by Gasteiger charge is -2.13. The second kappa shape index (κ2) is 5.79. The standard InChI is InChI=1S/C13H19NO4S/c1-3-17-12-8-7-11(9-13(12)18-4-2)19(15,16)14-10-5-6-10/h7-10,14H,3-6H2,1-2H3. The summed E-state index contributed by atoms with van der Waals surface area (Å²) < 4.78 is 37.7.